The van der Waals surface area contributed by atoms with Crippen molar-refractivity contribution in [2.45, 2.75) is 36.8 Å². The zero-order chi connectivity index (χ0) is 12.4. The van der Waals surface area contributed by atoms with E-state index in [9.17, 15) is 0 Å². The highest BCUT2D eigenvalue weighted by atomic mass is 15.4. The van der Waals surface area contributed by atoms with Crippen LogP contribution in [0.3, 0.4) is 0 Å². The Kier molecular flexibility index (Phi) is 1.88. The van der Waals surface area contributed by atoms with Gasteiger partial charge in [-0.2, -0.15) is 0 Å². The van der Waals surface area contributed by atoms with Gasteiger partial charge in [-0.05, 0) is 43.9 Å². The molecule has 2 heteroatoms. The Bertz CT molecular complexity index is 528. The van der Waals surface area contributed by atoms with Crippen molar-refractivity contribution in [2.75, 3.05) is 18.5 Å². The number of rotatable bonds is 0. The van der Waals surface area contributed by atoms with Crippen LogP contribution in [0.1, 0.15) is 31.2 Å². The zero-order valence-electron chi connectivity index (χ0n) is 11.0. The van der Waals surface area contributed by atoms with Crippen LogP contribution in [0.2, 0.25) is 0 Å². The second-order valence-electron chi connectivity index (χ2n) is 5.98. The maximum absolute atomic E-state index is 4.38. The molecular weight excluding hydrogens is 220 g/mol. The van der Waals surface area contributed by atoms with Crippen molar-refractivity contribution in [1.82, 2.24) is 5.32 Å². The average Bonchev–Trinajstić information content (AvgIpc) is 2.95. The van der Waals surface area contributed by atoms with E-state index in [-0.39, 0.29) is 11.1 Å². The van der Waals surface area contributed by atoms with Gasteiger partial charge in [-0.3, -0.25) is 5.32 Å². The number of anilines is 1. The molecule has 1 aliphatic carbocycles. The van der Waals surface area contributed by atoms with Crippen LogP contribution in [-0.2, 0) is 5.41 Å². The van der Waals surface area contributed by atoms with E-state index in [0.717, 1.165) is 6.54 Å². The van der Waals surface area contributed by atoms with Gasteiger partial charge in [0.25, 0.3) is 0 Å². The first-order chi connectivity index (χ1) is 8.72. The number of nitrogens with one attached hydrogen (secondary N) is 1. The van der Waals surface area contributed by atoms with Gasteiger partial charge in [0.1, 0.15) is 5.66 Å². The van der Waals surface area contributed by atoms with Gasteiger partial charge < -0.3 is 4.90 Å². The number of hydrogen-bond donors (Lipinski definition) is 1. The van der Waals surface area contributed by atoms with Crippen LogP contribution in [0, 0.1) is 0 Å². The Balaban J connectivity index is 1.99. The lowest BCUT2D eigenvalue weighted by molar-refractivity contribution is 0.180. The van der Waals surface area contributed by atoms with E-state index in [0.29, 0.717) is 0 Å². The Morgan fingerprint density at radius 3 is 2.72 bits per heavy atom. The molecule has 2 aliphatic heterocycles. The van der Waals surface area contributed by atoms with E-state index in [1.165, 1.54) is 42.5 Å². The normalized spacial score (nSPS) is 37.4. The summed E-state index contributed by atoms with van der Waals surface area (Å²) in [5, 5.41) is 3.82. The molecule has 1 N–H and O–H groups in total. The highest BCUT2D eigenvalue weighted by molar-refractivity contribution is 5.71. The first kappa shape index (κ1) is 10.6. The van der Waals surface area contributed by atoms with Crippen LogP contribution in [0.15, 0.2) is 36.4 Å². The molecule has 2 fully saturated rings. The summed E-state index contributed by atoms with van der Waals surface area (Å²) in [4.78, 5) is 2.49. The van der Waals surface area contributed by atoms with E-state index in [1.54, 1.807) is 0 Å². The minimum Gasteiger partial charge on any atom is -0.355 e. The number of likely N-dealkylation sites (N-methyl/N-ethyl adjacent to an activating group) is 1. The Morgan fingerprint density at radius 1 is 1.28 bits per heavy atom. The van der Waals surface area contributed by atoms with Gasteiger partial charge in [0.05, 0.1) is 5.41 Å². The fourth-order valence-electron chi connectivity index (χ4n) is 4.60. The smallest absolute Gasteiger partial charge is 0.104 e. The number of benzene rings is 1. The van der Waals surface area contributed by atoms with Crippen LogP contribution in [-0.4, -0.2) is 19.3 Å². The monoisotopic (exact) mass is 240 g/mol. The van der Waals surface area contributed by atoms with E-state index >= 15 is 0 Å². The quantitative estimate of drug-likeness (QED) is 0.702. The van der Waals surface area contributed by atoms with E-state index < -0.39 is 0 Å². The molecule has 94 valence electrons. The van der Waals surface area contributed by atoms with Gasteiger partial charge in [-0.15, -0.1) is 0 Å². The van der Waals surface area contributed by atoms with E-state index in [2.05, 4.69) is 48.1 Å². The second-order valence-corrected chi connectivity index (χ2v) is 5.98. The molecule has 2 atom stereocenters. The topological polar surface area (TPSA) is 15.3 Å². The molecular formula is C16H20N2. The molecule has 2 heterocycles. The lowest BCUT2D eigenvalue weighted by Crippen LogP contribution is -2.66. The molecule has 0 radical (unpaired) electrons. The van der Waals surface area contributed by atoms with Crippen molar-refractivity contribution < 1.29 is 0 Å². The fourth-order valence-corrected chi connectivity index (χ4v) is 4.60. The van der Waals surface area contributed by atoms with Crippen LogP contribution < -0.4 is 10.2 Å². The molecule has 4 rings (SSSR count). The van der Waals surface area contributed by atoms with Crippen LogP contribution in [0.4, 0.5) is 5.69 Å². The number of hydrogen-bond acceptors (Lipinski definition) is 2. The average molecular weight is 240 g/mol. The molecule has 0 bridgehead atoms. The first-order valence-corrected chi connectivity index (χ1v) is 6.99. The fraction of sp³-hybridized carbons (Fsp3) is 0.500. The van der Waals surface area contributed by atoms with E-state index in [4.69, 9.17) is 0 Å². The lowest BCUT2D eigenvalue weighted by atomic mass is 9.55. The lowest BCUT2D eigenvalue weighted by Gasteiger charge is -2.54. The van der Waals surface area contributed by atoms with Gasteiger partial charge >= 0.3 is 0 Å². The van der Waals surface area contributed by atoms with Crippen molar-refractivity contribution in [1.29, 1.82) is 0 Å². The zero-order valence-corrected chi connectivity index (χ0v) is 11.0. The molecule has 2 spiro atoms. The largest absolute Gasteiger partial charge is 0.355 e. The van der Waals surface area contributed by atoms with Gasteiger partial charge in [-0.1, -0.05) is 30.4 Å². The molecule has 1 saturated carbocycles. The SMILES string of the molecule is C=C1CC[C@@]12c1ccccc1N(C)[C@@]21CCCN1. The summed E-state index contributed by atoms with van der Waals surface area (Å²) in [6.07, 6.45) is 4.94. The van der Waals surface area contributed by atoms with Crippen molar-refractivity contribution in [3.63, 3.8) is 0 Å². The van der Waals surface area contributed by atoms with Gasteiger partial charge in [-0.25, -0.2) is 0 Å². The van der Waals surface area contributed by atoms with E-state index in [1.807, 2.05) is 0 Å². The highest BCUT2D eigenvalue weighted by Crippen LogP contribution is 2.64. The third-order valence-corrected chi connectivity index (χ3v) is 5.54. The summed E-state index contributed by atoms with van der Waals surface area (Å²) in [7, 11) is 2.25. The number of nitrogens with zero attached hydrogens (tertiary/aromatic N) is 1. The Hall–Kier alpha value is -1.28. The summed E-state index contributed by atoms with van der Waals surface area (Å²) in [6, 6.07) is 8.90. The van der Waals surface area contributed by atoms with Crippen LogP contribution in [0.5, 0.6) is 0 Å². The maximum atomic E-state index is 4.38. The maximum Gasteiger partial charge on any atom is 0.104 e. The molecule has 18 heavy (non-hydrogen) atoms. The molecule has 0 aromatic heterocycles. The van der Waals surface area contributed by atoms with Gasteiger partial charge in [0.15, 0.2) is 0 Å². The first-order valence-electron chi connectivity index (χ1n) is 6.99. The summed E-state index contributed by atoms with van der Waals surface area (Å²) >= 11 is 0. The number of fused-ring (bicyclic) bond motifs is 3. The Morgan fingerprint density at radius 2 is 2.11 bits per heavy atom. The summed E-state index contributed by atoms with van der Waals surface area (Å²) in [5.41, 5.74) is 4.60. The number of para-hydroxylation sites is 1. The molecule has 3 aliphatic rings. The predicted octanol–water partition coefficient (Wildman–Crippen LogP) is 2.80. The standard InChI is InChI=1S/C16H20N2/c1-12-8-10-15(12)13-6-3-4-7-14(13)18(2)16(15)9-5-11-17-16/h3-4,6-7,17H,1,5,8-11H2,2H3/t15-,16-/m0/s1. The third kappa shape index (κ3) is 0.892. The molecule has 0 unspecified atom stereocenters. The van der Waals surface area contributed by atoms with Crippen molar-refractivity contribution in [3.05, 3.63) is 42.0 Å². The minimum absolute atomic E-state index is 0.103. The van der Waals surface area contributed by atoms with Gasteiger partial charge in [0, 0.05) is 12.7 Å². The third-order valence-electron chi connectivity index (χ3n) is 5.54. The van der Waals surface area contributed by atoms with Gasteiger partial charge in [0.2, 0.25) is 0 Å². The predicted molar refractivity (Wildman–Crippen MR) is 74.9 cm³/mol. The summed E-state index contributed by atoms with van der Waals surface area (Å²) in [5.74, 6) is 0. The van der Waals surface area contributed by atoms with Crippen LogP contribution >= 0.6 is 0 Å². The molecule has 1 aromatic carbocycles. The second kappa shape index (κ2) is 3.18. The molecule has 1 aromatic rings. The molecule has 1 saturated heterocycles. The van der Waals surface area contributed by atoms with Crippen LogP contribution in [0.25, 0.3) is 0 Å². The van der Waals surface area contributed by atoms with Crippen molar-refractivity contribution in [3.8, 4) is 0 Å². The molecule has 0 amide bonds. The molecule has 2 nitrogen and oxygen atoms in total. The minimum atomic E-state index is 0.103. The highest BCUT2D eigenvalue weighted by Gasteiger charge is 2.65. The summed E-state index contributed by atoms with van der Waals surface area (Å²) in [6.45, 7) is 5.51. The summed E-state index contributed by atoms with van der Waals surface area (Å²) < 4.78 is 0. The van der Waals surface area contributed by atoms with Crippen molar-refractivity contribution >= 4 is 5.69 Å². The van der Waals surface area contributed by atoms with Crippen molar-refractivity contribution in [2.24, 2.45) is 0 Å². The Labute approximate surface area is 109 Å².